The highest BCUT2D eigenvalue weighted by atomic mass is 35.5. The minimum absolute atomic E-state index is 0.0802. The summed E-state index contributed by atoms with van der Waals surface area (Å²) in [5.41, 5.74) is 1.58. The van der Waals surface area contributed by atoms with Crippen molar-refractivity contribution in [3.8, 4) is 0 Å². The van der Waals surface area contributed by atoms with Crippen LogP contribution in [0, 0.1) is 0 Å². The summed E-state index contributed by atoms with van der Waals surface area (Å²) >= 11 is 8.02. The zero-order chi connectivity index (χ0) is 12.5. The number of hydrogen-bond acceptors (Lipinski definition) is 2. The van der Waals surface area contributed by atoms with E-state index in [2.05, 4.69) is 50.1 Å². The Morgan fingerprint density at radius 3 is 2.76 bits per heavy atom. The molecule has 1 atom stereocenters. The molecule has 1 heterocycles. The van der Waals surface area contributed by atoms with E-state index in [9.17, 15) is 0 Å². The van der Waals surface area contributed by atoms with Gasteiger partial charge in [-0.2, -0.15) is 0 Å². The van der Waals surface area contributed by atoms with E-state index in [1.165, 1.54) is 16.9 Å². The van der Waals surface area contributed by atoms with Gasteiger partial charge in [0.15, 0.2) is 0 Å². The molecule has 0 spiro atoms. The molecule has 1 aliphatic heterocycles. The molecule has 94 valence electrons. The molecule has 0 bridgehead atoms. The van der Waals surface area contributed by atoms with Crippen molar-refractivity contribution in [3.05, 3.63) is 29.8 Å². The molecule has 3 heteroatoms. The molecule has 1 unspecified atom stereocenters. The van der Waals surface area contributed by atoms with Gasteiger partial charge in [-0.05, 0) is 38.9 Å². The highest BCUT2D eigenvalue weighted by Gasteiger charge is 2.28. The topological polar surface area (TPSA) is 3.24 Å². The molecule has 0 saturated carbocycles. The highest BCUT2D eigenvalue weighted by Crippen LogP contribution is 2.37. The monoisotopic (exact) mass is 269 g/mol. The van der Waals surface area contributed by atoms with Crippen LogP contribution in [0.4, 0.5) is 0 Å². The van der Waals surface area contributed by atoms with Crippen LogP contribution in [0.25, 0.3) is 0 Å². The number of nitrogens with zero attached hydrogens (tertiary/aromatic N) is 1. The highest BCUT2D eigenvalue weighted by molar-refractivity contribution is 8.00. The molecular formula is C14H20ClNS. The Balaban J connectivity index is 1.96. The number of benzene rings is 1. The number of hydrogen-bond donors (Lipinski definition) is 0. The maximum absolute atomic E-state index is 6.01. The van der Waals surface area contributed by atoms with Crippen LogP contribution in [-0.4, -0.2) is 35.2 Å². The lowest BCUT2D eigenvalue weighted by Crippen LogP contribution is -2.45. The van der Waals surface area contributed by atoms with Crippen LogP contribution in [0.1, 0.15) is 19.4 Å². The van der Waals surface area contributed by atoms with E-state index in [1.807, 2.05) is 11.8 Å². The van der Waals surface area contributed by atoms with Crippen LogP contribution < -0.4 is 0 Å². The fourth-order valence-corrected chi connectivity index (χ4v) is 3.59. The molecular weight excluding hydrogens is 250 g/mol. The van der Waals surface area contributed by atoms with Gasteiger partial charge in [0, 0.05) is 28.1 Å². The van der Waals surface area contributed by atoms with Crippen LogP contribution >= 0.6 is 23.4 Å². The summed E-state index contributed by atoms with van der Waals surface area (Å²) in [5.74, 6) is 0.674. The lowest BCUT2D eigenvalue weighted by atomic mass is 10.0. The number of thioether (sulfide) groups is 1. The van der Waals surface area contributed by atoms with Crippen molar-refractivity contribution in [2.75, 3.05) is 19.5 Å². The summed E-state index contributed by atoms with van der Waals surface area (Å²) in [6.45, 7) is 5.50. The summed E-state index contributed by atoms with van der Waals surface area (Å²) < 4.78 is 0. The third-order valence-electron chi connectivity index (χ3n) is 3.55. The zero-order valence-corrected chi connectivity index (χ0v) is 12.3. The third-order valence-corrected chi connectivity index (χ3v) is 5.51. The summed E-state index contributed by atoms with van der Waals surface area (Å²) in [6, 6.07) is 8.73. The Morgan fingerprint density at radius 2 is 2.12 bits per heavy atom. The standard InChI is InChI=1S/C14H20ClNS/c1-14(2,10-15)16(3)9-12-8-11-6-4-5-7-13(11)17-12/h4-7,12H,8-10H2,1-3H3. The molecule has 0 saturated heterocycles. The molecule has 1 aliphatic rings. The van der Waals surface area contributed by atoms with Gasteiger partial charge in [-0.3, -0.25) is 4.90 Å². The molecule has 0 aliphatic carbocycles. The van der Waals surface area contributed by atoms with Gasteiger partial charge in [-0.25, -0.2) is 0 Å². The molecule has 0 radical (unpaired) electrons. The Labute approximate surface area is 114 Å². The van der Waals surface area contributed by atoms with E-state index in [-0.39, 0.29) is 5.54 Å². The van der Waals surface area contributed by atoms with Gasteiger partial charge in [0.05, 0.1) is 0 Å². The second kappa shape index (κ2) is 5.21. The van der Waals surface area contributed by atoms with Crippen molar-refractivity contribution in [3.63, 3.8) is 0 Å². The second-order valence-electron chi connectivity index (χ2n) is 5.38. The molecule has 2 rings (SSSR count). The van der Waals surface area contributed by atoms with Crippen LogP contribution in [0.15, 0.2) is 29.2 Å². The smallest absolute Gasteiger partial charge is 0.0402 e. The molecule has 0 aromatic heterocycles. The van der Waals surface area contributed by atoms with Gasteiger partial charge < -0.3 is 0 Å². The van der Waals surface area contributed by atoms with E-state index in [1.54, 1.807) is 0 Å². The fraction of sp³-hybridized carbons (Fsp3) is 0.571. The lowest BCUT2D eigenvalue weighted by molar-refractivity contribution is 0.180. The third kappa shape index (κ3) is 2.98. The van der Waals surface area contributed by atoms with Crippen LogP contribution in [0.5, 0.6) is 0 Å². The van der Waals surface area contributed by atoms with Crippen LogP contribution in [0.2, 0.25) is 0 Å². The maximum Gasteiger partial charge on any atom is 0.0402 e. The fourth-order valence-electron chi connectivity index (χ4n) is 2.01. The number of halogens is 1. The first-order valence-electron chi connectivity index (χ1n) is 6.05. The minimum atomic E-state index is 0.0802. The van der Waals surface area contributed by atoms with Gasteiger partial charge in [-0.15, -0.1) is 23.4 Å². The first kappa shape index (κ1) is 13.3. The van der Waals surface area contributed by atoms with Gasteiger partial charge in [-0.1, -0.05) is 18.2 Å². The summed E-state index contributed by atoms with van der Waals surface area (Å²) in [4.78, 5) is 3.83. The Bertz CT molecular complexity index is 367. The Hall–Kier alpha value is -0.180. The predicted octanol–water partition coefficient (Wildman–Crippen LogP) is 3.65. The van der Waals surface area contributed by atoms with Crippen molar-refractivity contribution in [1.82, 2.24) is 4.90 Å². The van der Waals surface area contributed by atoms with Gasteiger partial charge in [0.25, 0.3) is 0 Å². The Morgan fingerprint density at radius 1 is 1.41 bits per heavy atom. The molecule has 0 fully saturated rings. The van der Waals surface area contributed by atoms with Gasteiger partial charge >= 0.3 is 0 Å². The van der Waals surface area contributed by atoms with Crippen molar-refractivity contribution in [2.45, 2.75) is 36.0 Å². The SMILES string of the molecule is CN(CC1Cc2ccccc2S1)C(C)(C)CCl. The lowest BCUT2D eigenvalue weighted by Gasteiger charge is -2.35. The normalized spacial score (nSPS) is 19.7. The largest absolute Gasteiger partial charge is 0.299 e. The molecule has 0 N–H and O–H groups in total. The number of alkyl halides is 1. The molecule has 17 heavy (non-hydrogen) atoms. The first-order valence-corrected chi connectivity index (χ1v) is 7.46. The van der Waals surface area contributed by atoms with E-state index in [4.69, 9.17) is 11.6 Å². The second-order valence-corrected chi connectivity index (χ2v) is 6.99. The van der Waals surface area contributed by atoms with Gasteiger partial charge in [0.1, 0.15) is 0 Å². The molecule has 1 aromatic carbocycles. The number of fused-ring (bicyclic) bond motifs is 1. The average Bonchev–Trinajstić information content (AvgIpc) is 2.70. The molecule has 1 nitrogen and oxygen atoms in total. The van der Waals surface area contributed by atoms with Crippen LogP contribution in [0.3, 0.4) is 0 Å². The first-order chi connectivity index (χ1) is 8.03. The van der Waals surface area contributed by atoms with Crippen molar-refractivity contribution in [1.29, 1.82) is 0 Å². The van der Waals surface area contributed by atoms with Crippen molar-refractivity contribution in [2.24, 2.45) is 0 Å². The van der Waals surface area contributed by atoms with E-state index in [0.717, 1.165) is 6.54 Å². The van der Waals surface area contributed by atoms with Crippen molar-refractivity contribution >= 4 is 23.4 Å². The van der Waals surface area contributed by atoms with Gasteiger partial charge in [0.2, 0.25) is 0 Å². The number of rotatable bonds is 4. The van der Waals surface area contributed by atoms with E-state index < -0.39 is 0 Å². The molecule has 0 amide bonds. The molecule has 1 aromatic rings. The average molecular weight is 270 g/mol. The van der Waals surface area contributed by atoms with E-state index >= 15 is 0 Å². The quantitative estimate of drug-likeness (QED) is 0.768. The summed E-state index contributed by atoms with van der Waals surface area (Å²) in [7, 11) is 2.17. The maximum atomic E-state index is 6.01. The zero-order valence-electron chi connectivity index (χ0n) is 10.7. The summed E-state index contributed by atoms with van der Waals surface area (Å²) in [6.07, 6.45) is 1.18. The van der Waals surface area contributed by atoms with Crippen LogP contribution in [-0.2, 0) is 6.42 Å². The Kier molecular flexibility index (Phi) is 4.06. The minimum Gasteiger partial charge on any atom is -0.299 e. The summed E-state index contributed by atoms with van der Waals surface area (Å²) in [5, 5.41) is 0.667. The predicted molar refractivity (Wildman–Crippen MR) is 77.2 cm³/mol. The van der Waals surface area contributed by atoms with E-state index in [0.29, 0.717) is 11.1 Å². The van der Waals surface area contributed by atoms with Crippen molar-refractivity contribution < 1.29 is 0 Å².